The molecular formula is C22H25N3O4. The van der Waals surface area contributed by atoms with Crippen LogP contribution in [0.3, 0.4) is 0 Å². The molecule has 2 N–H and O–H groups in total. The summed E-state index contributed by atoms with van der Waals surface area (Å²) in [6.07, 6.45) is 0.601. The van der Waals surface area contributed by atoms with Gasteiger partial charge in [-0.25, -0.2) is 10.3 Å². The van der Waals surface area contributed by atoms with E-state index in [9.17, 15) is 14.4 Å². The molecule has 2 aromatic rings. The zero-order chi connectivity index (χ0) is 21.0. The molecule has 152 valence electrons. The van der Waals surface area contributed by atoms with Crippen molar-refractivity contribution in [1.29, 1.82) is 0 Å². The number of benzene rings is 2. The second kappa shape index (κ2) is 8.87. The maximum Gasteiger partial charge on any atom is 0.328 e. The molecule has 7 heteroatoms. The van der Waals surface area contributed by atoms with E-state index in [4.69, 9.17) is 5.21 Å². The van der Waals surface area contributed by atoms with Gasteiger partial charge in [0.2, 0.25) is 0 Å². The number of nitrogens with one attached hydrogen (secondary N) is 1. The minimum absolute atomic E-state index is 0.137. The number of imide groups is 1. The molecule has 29 heavy (non-hydrogen) atoms. The van der Waals surface area contributed by atoms with Gasteiger partial charge in [-0.05, 0) is 35.6 Å². The first kappa shape index (κ1) is 20.5. The second-order valence-electron chi connectivity index (χ2n) is 7.60. The molecule has 1 fully saturated rings. The fraction of sp³-hybridized carbons (Fsp3) is 0.318. The van der Waals surface area contributed by atoms with Gasteiger partial charge in [0.1, 0.15) is 6.04 Å². The molecule has 1 aliphatic heterocycles. The Bertz CT molecular complexity index is 881. The predicted molar refractivity (Wildman–Crippen MR) is 107 cm³/mol. The Morgan fingerprint density at radius 1 is 1.00 bits per heavy atom. The normalized spacial score (nSPS) is 16.6. The molecule has 0 aromatic heterocycles. The average Bonchev–Trinajstić information content (AvgIpc) is 2.93. The SMILES string of the molecule is CC(C)CC1C(=O)N(Cc2ccc(C(=O)NO)cc2)C(=O)N1Cc1ccccc1. The molecule has 0 aliphatic carbocycles. The summed E-state index contributed by atoms with van der Waals surface area (Å²) in [7, 11) is 0. The molecule has 0 bridgehead atoms. The highest BCUT2D eigenvalue weighted by molar-refractivity contribution is 6.04. The lowest BCUT2D eigenvalue weighted by molar-refractivity contribution is -0.129. The Kier molecular flexibility index (Phi) is 6.29. The van der Waals surface area contributed by atoms with Crippen LogP contribution in [0.15, 0.2) is 54.6 Å². The molecule has 2 aromatic carbocycles. The zero-order valence-electron chi connectivity index (χ0n) is 16.5. The van der Waals surface area contributed by atoms with Gasteiger partial charge in [-0.3, -0.25) is 19.7 Å². The van der Waals surface area contributed by atoms with Gasteiger partial charge in [0.15, 0.2) is 0 Å². The number of hydrogen-bond acceptors (Lipinski definition) is 4. The number of hydroxylamine groups is 1. The molecule has 0 spiro atoms. The van der Waals surface area contributed by atoms with Gasteiger partial charge in [0, 0.05) is 12.1 Å². The van der Waals surface area contributed by atoms with E-state index in [1.165, 1.54) is 4.90 Å². The largest absolute Gasteiger partial charge is 0.328 e. The number of hydrogen-bond donors (Lipinski definition) is 2. The molecule has 1 aliphatic rings. The first-order valence-corrected chi connectivity index (χ1v) is 9.60. The molecule has 3 rings (SSSR count). The third-order valence-corrected chi connectivity index (χ3v) is 4.95. The predicted octanol–water partition coefficient (Wildman–Crippen LogP) is 3.18. The van der Waals surface area contributed by atoms with Crippen LogP contribution in [0, 0.1) is 5.92 Å². The molecule has 1 atom stereocenters. The minimum Gasteiger partial charge on any atom is -0.308 e. The van der Waals surface area contributed by atoms with Crippen LogP contribution < -0.4 is 5.48 Å². The third kappa shape index (κ3) is 4.63. The van der Waals surface area contributed by atoms with Crippen LogP contribution in [0.2, 0.25) is 0 Å². The second-order valence-corrected chi connectivity index (χ2v) is 7.60. The topological polar surface area (TPSA) is 90.0 Å². The van der Waals surface area contributed by atoms with Crippen LogP contribution >= 0.6 is 0 Å². The number of urea groups is 1. The summed E-state index contributed by atoms with van der Waals surface area (Å²) in [5, 5.41) is 8.71. The van der Waals surface area contributed by atoms with Gasteiger partial charge >= 0.3 is 6.03 Å². The lowest BCUT2D eigenvalue weighted by Gasteiger charge is -2.23. The molecule has 1 unspecified atom stereocenters. The Morgan fingerprint density at radius 2 is 1.62 bits per heavy atom. The summed E-state index contributed by atoms with van der Waals surface area (Å²) in [4.78, 5) is 40.5. The Labute approximate surface area is 169 Å². The fourth-order valence-corrected chi connectivity index (χ4v) is 3.48. The van der Waals surface area contributed by atoms with Crippen molar-refractivity contribution in [2.75, 3.05) is 0 Å². The summed E-state index contributed by atoms with van der Waals surface area (Å²) in [5.41, 5.74) is 3.57. The summed E-state index contributed by atoms with van der Waals surface area (Å²) in [6, 6.07) is 15.3. The van der Waals surface area contributed by atoms with Crippen molar-refractivity contribution < 1.29 is 19.6 Å². The van der Waals surface area contributed by atoms with Gasteiger partial charge in [-0.15, -0.1) is 0 Å². The number of carbonyl (C=O) groups is 3. The smallest absolute Gasteiger partial charge is 0.308 e. The Hall–Kier alpha value is -3.19. The number of rotatable bonds is 7. The van der Waals surface area contributed by atoms with E-state index in [2.05, 4.69) is 0 Å². The van der Waals surface area contributed by atoms with Crippen molar-refractivity contribution in [3.63, 3.8) is 0 Å². The lowest BCUT2D eigenvalue weighted by atomic mass is 10.0. The van der Waals surface area contributed by atoms with Crippen molar-refractivity contribution in [2.45, 2.75) is 39.4 Å². The van der Waals surface area contributed by atoms with E-state index in [0.717, 1.165) is 11.1 Å². The summed E-state index contributed by atoms with van der Waals surface area (Å²) >= 11 is 0. The van der Waals surface area contributed by atoms with Crippen LogP contribution in [-0.4, -0.2) is 38.9 Å². The van der Waals surface area contributed by atoms with Crippen LogP contribution in [0.5, 0.6) is 0 Å². The van der Waals surface area contributed by atoms with E-state index in [1.54, 1.807) is 34.6 Å². The van der Waals surface area contributed by atoms with Crippen LogP contribution in [-0.2, 0) is 17.9 Å². The van der Waals surface area contributed by atoms with Crippen LogP contribution in [0.1, 0.15) is 41.8 Å². The van der Waals surface area contributed by atoms with Gasteiger partial charge in [-0.1, -0.05) is 56.3 Å². The van der Waals surface area contributed by atoms with E-state index in [1.807, 2.05) is 44.2 Å². The number of amides is 4. The van der Waals surface area contributed by atoms with Crippen molar-refractivity contribution in [1.82, 2.24) is 15.3 Å². The molecule has 0 saturated carbocycles. The summed E-state index contributed by atoms with van der Waals surface area (Å²) in [6.45, 7) is 4.59. The van der Waals surface area contributed by atoms with Gasteiger partial charge < -0.3 is 4.90 Å². The lowest BCUT2D eigenvalue weighted by Crippen LogP contribution is -2.35. The number of carbonyl (C=O) groups excluding carboxylic acids is 3. The molecule has 1 saturated heterocycles. The highest BCUT2D eigenvalue weighted by Crippen LogP contribution is 2.27. The average molecular weight is 395 g/mol. The van der Waals surface area contributed by atoms with Crippen molar-refractivity contribution in [3.05, 3.63) is 71.3 Å². The maximum atomic E-state index is 13.1. The van der Waals surface area contributed by atoms with Crippen molar-refractivity contribution in [2.24, 2.45) is 5.92 Å². The molecule has 0 radical (unpaired) electrons. The quantitative estimate of drug-likeness (QED) is 0.428. The maximum absolute atomic E-state index is 13.1. The van der Waals surface area contributed by atoms with E-state index < -0.39 is 11.9 Å². The first-order valence-electron chi connectivity index (χ1n) is 9.60. The molecule has 4 amide bonds. The monoisotopic (exact) mass is 395 g/mol. The highest BCUT2D eigenvalue weighted by atomic mass is 16.5. The Balaban J connectivity index is 1.80. The number of nitrogens with zero attached hydrogens (tertiary/aromatic N) is 2. The summed E-state index contributed by atoms with van der Waals surface area (Å²) in [5.74, 6) is -0.543. The first-order chi connectivity index (χ1) is 13.9. The van der Waals surface area contributed by atoms with Crippen LogP contribution in [0.4, 0.5) is 4.79 Å². The third-order valence-electron chi connectivity index (χ3n) is 4.95. The van der Waals surface area contributed by atoms with Crippen molar-refractivity contribution >= 4 is 17.8 Å². The van der Waals surface area contributed by atoms with E-state index >= 15 is 0 Å². The van der Waals surface area contributed by atoms with Crippen LogP contribution in [0.25, 0.3) is 0 Å². The van der Waals surface area contributed by atoms with Gasteiger partial charge in [0.05, 0.1) is 6.54 Å². The van der Waals surface area contributed by atoms with Crippen molar-refractivity contribution in [3.8, 4) is 0 Å². The molecular weight excluding hydrogens is 370 g/mol. The van der Waals surface area contributed by atoms with Gasteiger partial charge in [0.25, 0.3) is 11.8 Å². The zero-order valence-corrected chi connectivity index (χ0v) is 16.5. The van der Waals surface area contributed by atoms with Gasteiger partial charge in [-0.2, -0.15) is 0 Å². The fourth-order valence-electron chi connectivity index (χ4n) is 3.48. The van der Waals surface area contributed by atoms with E-state index in [0.29, 0.717) is 18.5 Å². The standard InChI is InChI=1S/C22H25N3O4/c1-15(2)12-19-21(27)25(14-17-8-10-18(11-9-17)20(26)23-29)22(28)24(19)13-16-6-4-3-5-7-16/h3-11,15,19,29H,12-14H2,1-2H3,(H,23,26). The summed E-state index contributed by atoms with van der Waals surface area (Å²) < 4.78 is 0. The minimum atomic E-state index is -0.615. The molecule has 7 nitrogen and oxygen atoms in total. The highest BCUT2D eigenvalue weighted by Gasteiger charge is 2.44. The Morgan fingerprint density at radius 3 is 2.21 bits per heavy atom. The van der Waals surface area contributed by atoms with E-state index in [-0.39, 0.29) is 24.4 Å². The molecule has 1 heterocycles.